The molecule has 3 aliphatic heterocycles. The Hall–Kier alpha value is -4.65. The van der Waals surface area contributed by atoms with Crippen LogP contribution in [-0.2, 0) is 52.0 Å². The van der Waals surface area contributed by atoms with E-state index in [1.54, 1.807) is 24.3 Å². The molecule has 1 aromatic carbocycles. The number of amides is 2. The Morgan fingerprint density at radius 1 is 0.825 bits per heavy atom. The van der Waals surface area contributed by atoms with Crippen LogP contribution in [0.25, 0.3) is 22.3 Å². The second kappa shape index (κ2) is 18.8. The number of nitrogens with two attached hydrogens (primary N) is 2. The van der Waals surface area contributed by atoms with Crippen molar-refractivity contribution in [1.82, 2.24) is 44.4 Å². The minimum Gasteiger partial charge on any atom is -0.382 e. The number of carbonyl (C=O) groups excluding carboxylic acids is 2. The van der Waals surface area contributed by atoms with E-state index in [4.69, 9.17) is 39.0 Å². The van der Waals surface area contributed by atoms with Crippen LogP contribution in [0, 0.1) is 0 Å². The van der Waals surface area contributed by atoms with Crippen molar-refractivity contribution >= 4 is 84.7 Å². The van der Waals surface area contributed by atoms with Gasteiger partial charge in [-0.05, 0) is 35.5 Å². The van der Waals surface area contributed by atoms with E-state index in [2.05, 4.69) is 40.5 Å². The van der Waals surface area contributed by atoms with Crippen LogP contribution >= 0.6 is 25.7 Å². The first-order chi connectivity index (χ1) is 30.2. The Balaban J connectivity index is 1.03. The van der Waals surface area contributed by atoms with Gasteiger partial charge in [-0.1, -0.05) is 31.9 Å². The van der Waals surface area contributed by atoms with Crippen LogP contribution in [-0.4, -0.2) is 115 Å². The number of carbonyl (C=O) groups is 2. The SMILES string of the molecule is BP1(=O)OC[C@H]2O[C@@H](n3cnc4c(N)ncnc43)[C@H](F)[C@@H]2O[P@](=O)(SCc2ccc(NC(=O)CNC(=O)CCCCC)cc2)OC[C@H]2O[C@@H](n3cnc4c(N)ncnc43)[C@H](F)[C@@H]2O1. The predicted molar refractivity (Wildman–Crippen MR) is 226 cm³/mol. The molecular weight excluding hydrogens is 891 g/mol. The van der Waals surface area contributed by atoms with Gasteiger partial charge in [0, 0.05) is 17.9 Å². The Morgan fingerprint density at radius 3 is 1.98 bits per heavy atom. The number of imidazole rings is 2. The van der Waals surface area contributed by atoms with Crippen LogP contribution < -0.4 is 22.1 Å². The number of alkyl halides is 2. The highest BCUT2D eigenvalue weighted by atomic mass is 32.7. The normalized spacial score (nSPS) is 30.0. The highest BCUT2D eigenvalue weighted by Gasteiger charge is 2.54. The number of hydrogen-bond acceptors (Lipinski definition) is 19. The fourth-order valence-electron chi connectivity index (χ4n) is 7.19. The lowest BCUT2D eigenvalue weighted by molar-refractivity contribution is -0.124. The van der Waals surface area contributed by atoms with Crippen LogP contribution in [0.3, 0.4) is 0 Å². The molecule has 22 nitrogen and oxygen atoms in total. The average molecular weight is 935 g/mol. The van der Waals surface area contributed by atoms with E-state index in [1.165, 1.54) is 34.4 Å². The second-order valence-corrected chi connectivity index (χ2v) is 20.9. The number of nitrogens with zero attached hydrogens (tertiary/aromatic N) is 8. The van der Waals surface area contributed by atoms with E-state index in [9.17, 15) is 18.7 Å². The van der Waals surface area contributed by atoms with Gasteiger partial charge in [-0.15, -0.1) is 0 Å². The van der Waals surface area contributed by atoms with E-state index < -0.39 is 82.6 Å². The second-order valence-electron chi connectivity index (χ2n) is 14.9. The summed E-state index contributed by atoms with van der Waals surface area (Å²) >= 11 is 0.699. The molecular formula is C35H43BF2N12O10P2S. The Morgan fingerprint density at radius 2 is 1.40 bits per heavy atom. The zero-order valence-electron chi connectivity index (χ0n) is 33.8. The maximum absolute atomic E-state index is 16.8. The van der Waals surface area contributed by atoms with E-state index in [-0.39, 0.29) is 52.2 Å². The van der Waals surface area contributed by atoms with Crippen molar-refractivity contribution in [3.8, 4) is 0 Å². The fraction of sp³-hybridized carbons (Fsp3) is 0.486. The maximum atomic E-state index is 16.8. The molecule has 0 radical (unpaired) electrons. The lowest BCUT2D eigenvalue weighted by atomic mass is 10.1. The molecule has 3 fully saturated rings. The first kappa shape index (κ1) is 44.9. The molecule has 0 aliphatic carbocycles. The number of anilines is 3. The minimum atomic E-state index is -4.51. The topological polar surface area (TPSA) is 287 Å². The van der Waals surface area contributed by atoms with Crippen molar-refractivity contribution in [3.63, 3.8) is 0 Å². The van der Waals surface area contributed by atoms with Gasteiger partial charge >= 0.3 is 6.80 Å². The molecule has 63 heavy (non-hydrogen) atoms. The van der Waals surface area contributed by atoms with Gasteiger partial charge in [0.1, 0.15) is 48.1 Å². The highest BCUT2D eigenvalue weighted by molar-refractivity contribution is 8.54. The summed E-state index contributed by atoms with van der Waals surface area (Å²) in [6, 6.07) is 6.53. The number of nitrogens with one attached hydrogen (secondary N) is 2. The van der Waals surface area contributed by atoms with E-state index >= 15 is 8.78 Å². The van der Waals surface area contributed by atoms with Crippen molar-refractivity contribution in [2.24, 2.45) is 0 Å². The number of halogens is 2. The van der Waals surface area contributed by atoms with Gasteiger partial charge in [-0.25, -0.2) is 43.2 Å². The van der Waals surface area contributed by atoms with Crippen LogP contribution in [0.5, 0.6) is 0 Å². The molecule has 6 N–H and O–H groups in total. The van der Waals surface area contributed by atoms with Gasteiger partial charge in [0.15, 0.2) is 47.7 Å². The summed E-state index contributed by atoms with van der Waals surface area (Å²) in [5.74, 6) is -0.591. The predicted octanol–water partition coefficient (Wildman–Crippen LogP) is 3.54. The molecule has 3 aliphatic rings. The molecule has 10 atom stereocenters. The third-order valence-corrected chi connectivity index (χ3v) is 15.3. The minimum absolute atomic E-state index is 0.0249. The summed E-state index contributed by atoms with van der Waals surface area (Å²) in [6.07, 6.45) is -5.34. The number of nitrogen functional groups attached to an aromatic ring is 2. The van der Waals surface area contributed by atoms with Crippen LogP contribution in [0.15, 0.2) is 49.6 Å². The standard InChI is InChI=1S/C35H43BF2N12O10P2S/c1-2-3-4-5-22(51)41-10-23(52)48-19-8-6-18(7-9-19)13-63-62(54)56-12-21-28(24(37)34(58-21)49-16-46-26-30(39)42-14-44-32(26)49)59-61(36,53)55-11-20-29(60-62)25(38)35(57-20)50-17-47-27-31(40)43-15-45-33(27)50/h6-9,14-17,20-21,24-25,28-29,34-35H,2-5,10-13,36H2,1H3,(H,41,51)(H,48,52)(H2,39,42,44)(H2,40,43,45)/t20-,21-,24-,25-,28-,29-,34-,35-,61?,62-/m1/s1. The molecule has 3 saturated heterocycles. The lowest BCUT2D eigenvalue weighted by Crippen LogP contribution is -2.37. The molecule has 8 rings (SSSR count). The molecule has 0 bridgehead atoms. The summed E-state index contributed by atoms with van der Waals surface area (Å²) in [4.78, 5) is 49.1. The van der Waals surface area contributed by atoms with Gasteiger partial charge in [-0.2, -0.15) is 0 Å². The van der Waals surface area contributed by atoms with Gasteiger partial charge in [-0.3, -0.25) is 32.3 Å². The van der Waals surface area contributed by atoms with Crippen molar-refractivity contribution in [2.75, 3.05) is 36.5 Å². The molecule has 28 heteroatoms. The highest BCUT2D eigenvalue weighted by Crippen LogP contribution is 2.65. The molecule has 2 amide bonds. The number of aromatic nitrogens is 8. The zero-order valence-corrected chi connectivity index (χ0v) is 36.4. The molecule has 336 valence electrons. The third kappa shape index (κ3) is 9.88. The third-order valence-electron chi connectivity index (χ3n) is 10.4. The van der Waals surface area contributed by atoms with Gasteiger partial charge in [0.25, 0.3) is 15.0 Å². The van der Waals surface area contributed by atoms with Crippen molar-refractivity contribution < 1.29 is 55.1 Å². The summed E-state index contributed by atoms with van der Waals surface area (Å²) in [5, 5.41) is 5.31. The number of ether oxygens (including phenoxy) is 2. The van der Waals surface area contributed by atoms with Crippen molar-refractivity contribution in [3.05, 3.63) is 55.1 Å². The molecule has 0 saturated carbocycles. The molecule has 7 heterocycles. The van der Waals surface area contributed by atoms with Crippen molar-refractivity contribution in [1.29, 1.82) is 0 Å². The number of unbranched alkanes of at least 4 members (excludes halogenated alkanes) is 2. The monoisotopic (exact) mass is 934 g/mol. The lowest BCUT2D eigenvalue weighted by Gasteiger charge is -2.30. The fourth-order valence-corrected chi connectivity index (χ4v) is 11.7. The van der Waals surface area contributed by atoms with E-state index in [1.807, 2.05) is 6.92 Å². The largest absolute Gasteiger partial charge is 0.389 e. The van der Waals surface area contributed by atoms with Gasteiger partial charge in [0.05, 0.1) is 32.4 Å². The molecule has 0 spiro atoms. The first-order valence-corrected chi connectivity index (χ1v) is 24.9. The molecule has 1 unspecified atom stereocenters. The molecule has 5 aromatic rings. The number of fused-ring (bicyclic) bond motifs is 4. The van der Waals surface area contributed by atoms with E-state index in [0.717, 1.165) is 26.8 Å². The van der Waals surface area contributed by atoms with Crippen molar-refractivity contribution in [2.45, 2.75) is 87.6 Å². The summed E-state index contributed by atoms with van der Waals surface area (Å²) in [6.45, 7) is -3.96. The van der Waals surface area contributed by atoms with Gasteiger partial charge in [0.2, 0.25) is 11.8 Å². The first-order valence-electron chi connectivity index (χ1n) is 19.8. The quantitative estimate of drug-likeness (QED) is 0.0790. The molecule has 4 aromatic heterocycles. The van der Waals surface area contributed by atoms with E-state index in [0.29, 0.717) is 29.1 Å². The average Bonchev–Trinajstić information content (AvgIpc) is 4.03. The van der Waals surface area contributed by atoms with Gasteiger partial charge < -0.3 is 40.6 Å². The number of rotatable bonds is 12. The summed E-state index contributed by atoms with van der Waals surface area (Å²) < 4.78 is 101. The van der Waals surface area contributed by atoms with Crippen LogP contribution in [0.2, 0.25) is 0 Å². The smallest absolute Gasteiger partial charge is 0.382 e. The summed E-state index contributed by atoms with van der Waals surface area (Å²) in [7, 11) is -3.08. The Labute approximate surface area is 362 Å². The Kier molecular flexibility index (Phi) is 13.4. The number of benzene rings is 1. The Bertz CT molecular complexity index is 2570. The maximum Gasteiger partial charge on any atom is 0.389 e. The zero-order chi connectivity index (χ0) is 44.5. The van der Waals surface area contributed by atoms with Crippen LogP contribution in [0.1, 0.15) is 50.6 Å². The summed E-state index contributed by atoms with van der Waals surface area (Å²) in [5.41, 5.74) is 13.6. The number of hydrogen-bond donors (Lipinski definition) is 4. The van der Waals surface area contributed by atoms with Crippen LogP contribution in [0.4, 0.5) is 26.1 Å².